The maximum Gasteiger partial charge on any atom is 0.270 e. The summed E-state index contributed by atoms with van der Waals surface area (Å²) < 4.78 is 23.8. The molecule has 4 aliphatic heterocycles. The third-order valence-electron chi connectivity index (χ3n) is 10.9. The second kappa shape index (κ2) is 13.8. The number of fused-ring (bicyclic) bond motifs is 8. The molecule has 0 radical (unpaired) electrons. The van der Waals surface area contributed by atoms with Crippen molar-refractivity contribution < 1.29 is 33.5 Å². The molecule has 0 aliphatic carbocycles. The van der Waals surface area contributed by atoms with Gasteiger partial charge in [0.05, 0.1) is 53.7 Å². The lowest BCUT2D eigenvalue weighted by Crippen LogP contribution is -2.41. The number of para-hydroxylation sites is 2. The first-order valence-electron chi connectivity index (χ1n) is 18.3. The Morgan fingerprint density at radius 1 is 0.714 bits per heavy atom. The molecule has 9 rings (SSSR count). The van der Waals surface area contributed by atoms with Gasteiger partial charge in [-0.1, -0.05) is 36.4 Å². The summed E-state index contributed by atoms with van der Waals surface area (Å²) >= 11 is 0. The molecule has 2 amide bonds. The van der Waals surface area contributed by atoms with E-state index in [-0.39, 0.29) is 42.8 Å². The maximum atomic E-state index is 14.0. The molecule has 0 bridgehead atoms. The zero-order valence-corrected chi connectivity index (χ0v) is 30.9. The monoisotopic (exact) mass is 751 g/mol. The summed E-state index contributed by atoms with van der Waals surface area (Å²) in [6.45, 7) is 0.557. The molecule has 5 aromatic carbocycles. The molecule has 2 atom stereocenters. The van der Waals surface area contributed by atoms with Crippen molar-refractivity contribution in [2.24, 2.45) is 4.99 Å². The molecule has 4 heterocycles. The Bertz CT molecular complexity index is 2480. The summed E-state index contributed by atoms with van der Waals surface area (Å²) in [4.78, 5) is 49.8. The van der Waals surface area contributed by atoms with Crippen molar-refractivity contribution in [1.82, 2.24) is 0 Å². The van der Waals surface area contributed by atoms with Gasteiger partial charge in [0.15, 0.2) is 23.0 Å². The fourth-order valence-corrected chi connectivity index (χ4v) is 8.26. The second-order valence-corrected chi connectivity index (χ2v) is 14.3. The number of carbonyl (C=O) groups is 2. The molecule has 5 aromatic rings. The van der Waals surface area contributed by atoms with Gasteiger partial charge in [-0.15, -0.1) is 0 Å². The molecule has 0 saturated heterocycles. The number of hydrogen-bond donors (Lipinski definition) is 0. The lowest BCUT2D eigenvalue weighted by Gasteiger charge is -2.25. The van der Waals surface area contributed by atoms with E-state index in [1.165, 1.54) is 26.4 Å². The Balaban J connectivity index is 0.956. The zero-order chi connectivity index (χ0) is 38.7. The van der Waals surface area contributed by atoms with Crippen molar-refractivity contribution in [3.63, 3.8) is 0 Å². The Morgan fingerprint density at radius 3 is 1.96 bits per heavy atom. The number of methoxy groups -OCH3 is 2. The first-order valence-corrected chi connectivity index (χ1v) is 18.3. The van der Waals surface area contributed by atoms with Gasteiger partial charge >= 0.3 is 0 Å². The van der Waals surface area contributed by atoms with Crippen LogP contribution in [-0.2, 0) is 26.1 Å². The number of hydrogen-bond acceptors (Lipinski definition) is 10. The average molecular weight is 752 g/mol. The summed E-state index contributed by atoms with van der Waals surface area (Å²) in [6, 6.07) is 27.0. The van der Waals surface area contributed by atoms with Gasteiger partial charge in [0.1, 0.15) is 13.2 Å². The van der Waals surface area contributed by atoms with Gasteiger partial charge in [0, 0.05) is 61.9 Å². The number of anilines is 3. The summed E-state index contributed by atoms with van der Waals surface area (Å²) in [5.74, 6) is 1.13. The van der Waals surface area contributed by atoms with Crippen LogP contribution in [0.15, 0.2) is 96.0 Å². The summed E-state index contributed by atoms with van der Waals surface area (Å²) in [5, 5.41) is 12.0. The van der Waals surface area contributed by atoms with E-state index in [4.69, 9.17) is 18.9 Å². The third kappa shape index (κ3) is 5.92. The van der Waals surface area contributed by atoms with Gasteiger partial charge in [-0.05, 0) is 59.0 Å². The van der Waals surface area contributed by atoms with Crippen LogP contribution in [0.4, 0.5) is 28.4 Å². The van der Waals surface area contributed by atoms with Gasteiger partial charge in [-0.3, -0.25) is 29.6 Å². The van der Waals surface area contributed by atoms with Crippen molar-refractivity contribution in [2.45, 2.75) is 38.1 Å². The van der Waals surface area contributed by atoms with Crippen molar-refractivity contribution in [3.8, 4) is 23.0 Å². The van der Waals surface area contributed by atoms with E-state index in [2.05, 4.69) is 16.0 Å². The van der Waals surface area contributed by atoms with Gasteiger partial charge in [-0.2, -0.15) is 0 Å². The van der Waals surface area contributed by atoms with Crippen LogP contribution in [-0.4, -0.2) is 62.8 Å². The van der Waals surface area contributed by atoms with Crippen LogP contribution >= 0.6 is 0 Å². The van der Waals surface area contributed by atoms with E-state index < -0.39 is 4.92 Å². The number of non-ortho nitro benzene ring substituents is 1. The molecule has 0 unspecified atom stereocenters. The minimum absolute atomic E-state index is 0.0185. The lowest BCUT2D eigenvalue weighted by molar-refractivity contribution is -0.385. The number of nitrogens with zero attached hydrogens (tertiary/aromatic N) is 5. The highest BCUT2D eigenvalue weighted by atomic mass is 16.6. The van der Waals surface area contributed by atoms with Crippen LogP contribution in [0.2, 0.25) is 0 Å². The lowest BCUT2D eigenvalue weighted by atomic mass is 10.1. The fraction of sp³-hybridized carbons (Fsp3) is 0.233. The van der Waals surface area contributed by atoms with E-state index in [0.29, 0.717) is 69.6 Å². The number of aliphatic imine (C=N–C) groups is 1. The zero-order valence-electron chi connectivity index (χ0n) is 30.9. The second-order valence-electron chi connectivity index (χ2n) is 14.3. The highest BCUT2D eigenvalue weighted by molar-refractivity contribution is 6.15. The molecular formula is C43H37N5O8. The molecule has 4 aliphatic rings. The Morgan fingerprint density at radius 2 is 1.30 bits per heavy atom. The summed E-state index contributed by atoms with van der Waals surface area (Å²) in [7, 11) is 4.95. The highest BCUT2D eigenvalue weighted by Gasteiger charge is 2.40. The molecule has 0 aromatic heterocycles. The quantitative estimate of drug-likeness (QED) is 0.114. The summed E-state index contributed by atoms with van der Waals surface area (Å²) in [5.41, 5.74) is 6.96. The van der Waals surface area contributed by atoms with Crippen LogP contribution in [0.25, 0.3) is 0 Å². The number of amides is 2. The molecule has 282 valence electrons. The normalized spacial score (nSPS) is 17.5. The van der Waals surface area contributed by atoms with Crippen molar-refractivity contribution >= 4 is 46.5 Å². The topological polar surface area (TPSA) is 136 Å². The number of nitro groups is 1. The first kappa shape index (κ1) is 34.9. The predicted molar refractivity (Wildman–Crippen MR) is 211 cm³/mol. The van der Waals surface area contributed by atoms with Crippen molar-refractivity contribution in [1.29, 1.82) is 0 Å². The number of carbonyl (C=O) groups excluding carboxylic acids is 2. The van der Waals surface area contributed by atoms with E-state index in [1.807, 2.05) is 54.4 Å². The maximum absolute atomic E-state index is 14.0. The van der Waals surface area contributed by atoms with Crippen LogP contribution < -0.4 is 33.6 Å². The fourth-order valence-electron chi connectivity index (χ4n) is 8.26. The van der Waals surface area contributed by atoms with Crippen LogP contribution in [0.5, 0.6) is 23.0 Å². The van der Waals surface area contributed by atoms with E-state index in [1.54, 1.807) is 41.4 Å². The molecule has 0 spiro atoms. The minimum Gasteiger partial charge on any atom is -0.493 e. The summed E-state index contributed by atoms with van der Waals surface area (Å²) in [6.07, 6.45) is 3.22. The van der Waals surface area contributed by atoms with Crippen LogP contribution in [0.3, 0.4) is 0 Å². The Kier molecular flexibility index (Phi) is 8.56. The number of ether oxygens (including phenoxy) is 4. The van der Waals surface area contributed by atoms with Crippen molar-refractivity contribution in [3.05, 3.63) is 134 Å². The Labute approximate surface area is 322 Å². The van der Waals surface area contributed by atoms with Gasteiger partial charge in [0.25, 0.3) is 17.5 Å². The molecule has 13 heteroatoms. The smallest absolute Gasteiger partial charge is 0.270 e. The average Bonchev–Trinajstić information content (AvgIpc) is 3.71. The molecule has 0 fully saturated rings. The predicted octanol–water partition coefficient (Wildman–Crippen LogP) is 7.08. The van der Waals surface area contributed by atoms with Gasteiger partial charge < -0.3 is 28.7 Å². The van der Waals surface area contributed by atoms with Crippen LogP contribution in [0, 0.1) is 10.1 Å². The van der Waals surface area contributed by atoms with Gasteiger partial charge in [-0.25, -0.2) is 0 Å². The first-order chi connectivity index (χ1) is 27.2. The third-order valence-corrected chi connectivity index (χ3v) is 10.9. The number of benzene rings is 5. The molecule has 0 N–H and O–H groups in total. The van der Waals surface area contributed by atoms with E-state index in [0.717, 1.165) is 28.9 Å². The van der Waals surface area contributed by atoms with E-state index >= 15 is 0 Å². The van der Waals surface area contributed by atoms with Gasteiger partial charge in [0.2, 0.25) is 0 Å². The Hall–Kier alpha value is -6.89. The number of nitro benzene ring substituents is 1. The molecule has 0 saturated carbocycles. The van der Waals surface area contributed by atoms with Crippen molar-refractivity contribution in [2.75, 3.05) is 42.5 Å². The number of rotatable bonds is 9. The molecule has 56 heavy (non-hydrogen) atoms. The largest absolute Gasteiger partial charge is 0.493 e. The molecular weight excluding hydrogens is 714 g/mol. The minimum atomic E-state index is -0.464. The molecule has 13 nitrogen and oxygen atoms in total. The van der Waals surface area contributed by atoms with Crippen LogP contribution in [0.1, 0.15) is 43.0 Å². The standard InChI is InChI=1S/C43H37N5O8/c1-45-22-31-16-28-9-5-7-11-36(28)47(31)43(50)33-18-39(54-3)41(20-37(33)45)56-24-26-12-25(13-29(14-26)48(51)52)23-55-40-19-34-32(17-38(40)53-2)42(49)46-30(21-44-34)15-27-8-4-6-10-35(27)46/h4-14,17-21,30-31H,15-16,22-24H2,1-3H3/t30-,31-/m0/s1. The van der Waals surface area contributed by atoms with E-state index in [9.17, 15) is 19.7 Å². The highest BCUT2D eigenvalue weighted by Crippen LogP contribution is 2.43. The number of likely N-dealkylation sites (N-methyl/N-ethyl adjacent to an activating group) is 1. The SMILES string of the molecule is COc1cc2c(cc1OCc1cc(COc3cc4c(cc3OC)C(=O)N3c5ccccc5C[C@H]3CN4C)cc([N+](=O)[O-])c1)N=C[C@@H]1Cc3ccccc3N1C2=O.